The highest BCUT2D eigenvalue weighted by Gasteiger charge is 2.38. The van der Waals surface area contributed by atoms with E-state index in [-0.39, 0.29) is 12.0 Å². The van der Waals surface area contributed by atoms with Gasteiger partial charge in [-0.1, -0.05) is 23.8 Å². The lowest BCUT2D eigenvalue weighted by molar-refractivity contribution is -0.136. The smallest absolute Gasteiger partial charge is 0.0570 e. The molecule has 2 heteroatoms. The van der Waals surface area contributed by atoms with Crippen molar-refractivity contribution in [3.8, 4) is 0 Å². The first-order valence-electron chi connectivity index (χ1n) is 5.40. The predicted molar refractivity (Wildman–Crippen MR) is 60.0 cm³/mol. The lowest BCUT2D eigenvalue weighted by atomic mass is 9.79. The van der Waals surface area contributed by atoms with Crippen LogP contribution in [0, 0.1) is 19.3 Å². The van der Waals surface area contributed by atoms with Crippen LogP contribution in [0.4, 0.5) is 0 Å². The van der Waals surface area contributed by atoms with E-state index in [2.05, 4.69) is 32.0 Å². The largest absolute Gasteiger partial charge is 0.396 e. The van der Waals surface area contributed by atoms with Crippen LogP contribution in [0.2, 0.25) is 0 Å². The van der Waals surface area contributed by atoms with E-state index in [4.69, 9.17) is 4.74 Å². The highest BCUT2D eigenvalue weighted by Crippen LogP contribution is 2.32. The molecule has 1 aliphatic rings. The molecule has 2 rings (SSSR count). The van der Waals surface area contributed by atoms with Crippen molar-refractivity contribution in [2.45, 2.75) is 20.3 Å². The van der Waals surface area contributed by atoms with Crippen LogP contribution >= 0.6 is 0 Å². The van der Waals surface area contributed by atoms with Gasteiger partial charge >= 0.3 is 0 Å². The van der Waals surface area contributed by atoms with Gasteiger partial charge in [0.2, 0.25) is 0 Å². The molecule has 2 nitrogen and oxygen atoms in total. The van der Waals surface area contributed by atoms with Gasteiger partial charge in [0.25, 0.3) is 0 Å². The van der Waals surface area contributed by atoms with Gasteiger partial charge in [-0.2, -0.15) is 0 Å². The quantitative estimate of drug-likeness (QED) is 0.818. The maximum Gasteiger partial charge on any atom is 0.0570 e. The van der Waals surface area contributed by atoms with Crippen LogP contribution in [0.5, 0.6) is 0 Å². The van der Waals surface area contributed by atoms with E-state index >= 15 is 0 Å². The normalized spacial score (nSPS) is 18.6. The molecule has 1 fully saturated rings. The van der Waals surface area contributed by atoms with Crippen molar-refractivity contribution in [2.75, 3.05) is 19.8 Å². The van der Waals surface area contributed by atoms with Crippen molar-refractivity contribution in [3.05, 3.63) is 34.9 Å². The summed E-state index contributed by atoms with van der Waals surface area (Å²) >= 11 is 0. The molecule has 82 valence electrons. The van der Waals surface area contributed by atoms with Crippen molar-refractivity contribution in [2.24, 2.45) is 5.41 Å². The molecule has 0 aliphatic carbocycles. The number of aliphatic hydroxyl groups excluding tert-OH is 1. The zero-order valence-corrected chi connectivity index (χ0v) is 9.42. The molecule has 1 saturated heterocycles. The van der Waals surface area contributed by atoms with Crippen LogP contribution in [-0.4, -0.2) is 24.9 Å². The highest BCUT2D eigenvalue weighted by molar-refractivity contribution is 5.31. The second-order valence-corrected chi connectivity index (χ2v) is 4.76. The Morgan fingerprint density at radius 3 is 2.53 bits per heavy atom. The lowest BCUT2D eigenvalue weighted by Crippen LogP contribution is -2.47. The van der Waals surface area contributed by atoms with Gasteiger partial charge in [0.15, 0.2) is 0 Å². The third-order valence-electron chi connectivity index (χ3n) is 3.22. The number of rotatable bonds is 3. The summed E-state index contributed by atoms with van der Waals surface area (Å²) in [5.74, 6) is 0. The molecule has 1 aliphatic heterocycles. The van der Waals surface area contributed by atoms with Crippen LogP contribution in [0.1, 0.15) is 16.7 Å². The van der Waals surface area contributed by atoms with Crippen LogP contribution < -0.4 is 0 Å². The predicted octanol–water partition coefficient (Wildman–Crippen LogP) is 1.85. The summed E-state index contributed by atoms with van der Waals surface area (Å²) in [7, 11) is 0. The molecule has 1 aromatic carbocycles. The van der Waals surface area contributed by atoms with Gasteiger partial charge < -0.3 is 9.84 Å². The molecule has 0 radical (unpaired) electrons. The maximum atomic E-state index is 9.36. The fourth-order valence-corrected chi connectivity index (χ4v) is 2.09. The van der Waals surface area contributed by atoms with E-state index in [1.54, 1.807) is 0 Å². The maximum absolute atomic E-state index is 9.36. The Morgan fingerprint density at radius 1 is 1.33 bits per heavy atom. The van der Waals surface area contributed by atoms with E-state index < -0.39 is 0 Å². The van der Waals surface area contributed by atoms with Crippen molar-refractivity contribution in [3.63, 3.8) is 0 Å². The van der Waals surface area contributed by atoms with Crippen LogP contribution in [-0.2, 0) is 11.2 Å². The van der Waals surface area contributed by atoms with Crippen LogP contribution in [0.3, 0.4) is 0 Å². The molecule has 0 atom stereocenters. The Hall–Kier alpha value is -0.860. The molecule has 0 unspecified atom stereocenters. The van der Waals surface area contributed by atoms with Gasteiger partial charge in [0.1, 0.15) is 0 Å². The van der Waals surface area contributed by atoms with Gasteiger partial charge in [-0.3, -0.25) is 0 Å². The summed E-state index contributed by atoms with van der Waals surface area (Å²) in [5, 5.41) is 9.36. The molecule has 0 aromatic heterocycles. The molecule has 0 amide bonds. The summed E-state index contributed by atoms with van der Waals surface area (Å²) < 4.78 is 5.20. The van der Waals surface area contributed by atoms with E-state index in [0.29, 0.717) is 13.2 Å². The first-order chi connectivity index (χ1) is 7.15. The summed E-state index contributed by atoms with van der Waals surface area (Å²) in [5.41, 5.74) is 3.92. The molecule has 0 bridgehead atoms. The molecular weight excluding hydrogens is 188 g/mol. The zero-order valence-electron chi connectivity index (χ0n) is 9.42. The first kappa shape index (κ1) is 10.7. The Morgan fingerprint density at radius 2 is 2.07 bits per heavy atom. The summed E-state index contributed by atoms with van der Waals surface area (Å²) in [4.78, 5) is 0. The topological polar surface area (TPSA) is 29.5 Å². The molecule has 0 spiro atoms. The zero-order chi connectivity index (χ0) is 10.9. The van der Waals surface area contributed by atoms with Crippen molar-refractivity contribution in [1.82, 2.24) is 0 Å². The van der Waals surface area contributed by atoms with Gasteiger partial charge in [0.05, 0.1) is 19.8 Å². The summed E-state index contributed by atoms with van der Waals surface area (Å²) in [6.07, 6.45) is 0.926. The van der Waals surface area contributed by atoms with E-state index in [9.17, 15) is 5.11 Å². The van der Waals surface area contributed by atoms with Gasteiger partial charge in [-0.25, -0.2) is 0 Å². The van der Waals surface area contributed by atoms with E-state index in [0.717, 1.165) is 6.42 Å². The molecule has 1 N–H and O–H groups in total. The molecule has 1 heterocycles. The molecule has 15 heavy (non-hydrogen) atoms. The van der Waals surface area contributed by atoms with Crippen LogP contribution in [0.15, 0.2) is 18.2 Å². The van der Waals surface area contributed by atoms with Gasteiger partial charge in [-0.15, -0.1) is 0 Å². The fraction of sp³-hybridized carbons (Fsp3) is 0.538. The number of benzene rings is 1. The average Bonchev–Trinajstić information content (AvgIpc) is 2.14. The number of aliphatic hydroxyl groups is 1. The Balaban J connectivity index is 2.16. The summed E-state index contributed by atoms with van der Waals surface area (Å²) in [6, 6.07) is 6.49. The van der Waals surface area contributed by atoms with Crippen molar-refractivity contribution in [1.29, 1.82) is 0 Å². The second kappa shape index (κ2) is 3.95. The van der Waals surface area contributed by atoms with Gasteiger partial charge in [-0.05, 0) is 31.4 Å². The van der Waals surface area contributed by atoms with Gasteiger partial charge in [0, 0.05) is 5.41 Å². The minimum Gasteiger partial charge on any atom is -0.396 e. The average molecular weight is 206 g/mol. The second-order valence-electron chi connectivity index (χ2n) is 4.76. The van der Waals surface area contributed by atoms with E-state index in [1.165, 1.54) is 16.7 Å². The number of hydrogen-bond acceptors (Lipinski definition) is 2. The molecule has 0 saturated carbocycles. The van der Waals surface area contributed by atoms with E-state index in [1.807, 2.05) is 0 Å². The number of hydrogen-bond donors (Lipinski definition) is 1. The molecule has 1 aromatic rings. The lowest BCUT2D eigenvalue weighted by Gasteiger charge is -2.40. The minimum atomic E-state index is -0.0139. The standard InChI is InChI=1S/C13H18O2/c1-10-3-4-12(11(2)5-10)6-13(7-14)8-15-9-13/h3-5,14H,6-9H2,1-2H3. The Bertz CT molecular complexity index is 348. The Labute approximate surface area is 90.9 Å². The van der Waals surface area contributed by atoms with Crippen LogP contribution in [0.25, 0.3) is 0 Å². The first-order valence-corrected chi connectivity index (χ1v) is 5.40. The monoisotopic (exact) mass is 206 g/mol. The summed E-state index contributed by atoms with van der Waals surface area (Å²) in [6.45, 7) is 5.84. The number of ether oxygens (including phenoxy) is 1. The fourth-order valence-electron chi connectivity index (χ4n) is 2.09. The highest BCUT2D eigenvalue weighted by atomic mass is 16.5. The van der Waals surface area contributed by atoms with Crippen molar-refractivity contribution < 1.29 is 9.84 Å². The minimum absolute atomic E-state index is 0.0139. The van der Waals surface area contributed by atoms with Crippen molar-refractivity contribution >= 4 is 0 Å². The Kier molecular flexibility index (Phi) is 2.81. The third kappa shape index (κ3) is 2.06. The molecular formula is C13H18O2. The number of aryl methyl sites for hydroxylation is 2. The third-order valence-corrected chi connectivity index (χ3v) is 3.22. The SMILES string of the molecule is Cc1ccc(CC2(CO)COC2)c(C)c1.